The first-order chi connectivity index (χ1) is 17.8. The van der Waals surface area contributed by atoms with Gasteiger partial charge in [-0.1, -0.05) is 55.7 Å². The topological polar surface area (TPSA) is 83.7 Å². The number of nitrogens with zero attached hydrogens (tertiary/aromatic N) is 3. The number of anilines is 1. The number of hydrogen-bond acceptors (Lipinski definition) is 6. The number of para-hydroxylation sites is 1. The van der Waals surface area contributed by atoms with E-state index in [0.717, 1.165) is 30.4 Å². The van der Waals surface area contributed by atoms with E-state index in [1.54, 1.807) is 40.9 Å². The van der Waals surface area contributed by atoms with Crippen molar-refractivity contribution in [3.8, 4) is 0 Å². The maximum Gasteiger partial charge on any atom is 0.260 e. The number of halogens is 1. The van der Waals surface area contributed by atoms with Crippen LogP contribution in [0.4, 0.5) is 5.13 Å². The third-order valence-corrected chi connectivity index (χ3v) is 9.25. The minimum Gasteiger partial charge on any atom is -0.467 e. The molecule has 0 radical (unpaired) electrons. The van der Waals surface area contributed by atoms with Crippen molar-refractivity contribution in [1.29, 1.82) is 0 Å². The average molecular weight is 560 g/mol. The van der Waals surface area contributed by atoms with Gasteiger partial charge in [0, 0.05) is 18.7 Å². The SMILES string of the molecule is CCCCN(CCCC)S(=O)(=O)c1ccc(C(=O)N(Cc2ccco2)c2nc3c(Cl)cccc3s2)cc1. The van der Waals surface area contributed by atoms with Crippen molar-refractivity contribution in [1.82, 2.24) is 9.29 Å². The van der Waals surface area contributed by atoms with Crippen LogP contribution in [0.15, 0.2) is 70.2 Å². The van der Waals surface area contributed by atoms with Crippen molar-refractivity contribution in [3.63, 3.8) is 0 Å². The molecule has 4 rings (SSSR count). The maximum absolute atomic E-state index is 13.7. The summed E-state index contributed by atoms with van der Waals surface area (Å²) >= 11 is 7.68. The summed E-state index contributed by atoms with van der Waals surface area (Å²) in [4.78, 5) is 20.0. The number of fused-ring (bicyclic) bond motifs is 1. The molecule has 2 heterocycles. The molecule has 0 saturated carbocycles. The molecule has 4 aromatic rings. The lowest BCUT2D eigenvalue weighted by Gasteiger charge is -2.22. The molecule has 0 aliphatic rings. The first kappa shape index (κ1) is 27.3. The Morgan fingerprint density at radius 1 is 1.00 bits per heavy atom. The fraction of sp³-hybridized carbons (Fsp3) is 0.333. The number of carbonyl (C=O) groups is 1. The van der Waals surface area contributed by atoms with Gasteiger partial charge in [-0.3, -0.25) is 9.69 Å². The Hall–Kier alpha value is -2.72. The van der Waals surface area contributed by atoms with Crippen molar-refractivity contribution in [3.05, 3.63) is 77.2 Å². The molecule has 10 heteroatoms. The summed E-state index contributed by atoms with van der Waals surface area (Å²) in [5.41, 5.74) is 0.978. The normalized spacial score (nSPS) is 11.9. The van der Waals surface area contributed by atoms with Gasteiger partial charge in [0.15, 0.2) is 5.13 Å². The highest BCUT2D eigenvalue weighted by molar-refractivity contribution is 7.89. The van der Waals surface area contributed by atoms with Gasteiger partial charge in [-0.2, -0.15) is 4.31 Å². The molecule has 0 aliphatic carbocycles. The number of furan rings is 1. The summed E-state index contributed by atoms with van der Waals surface area (Å²) in [5, 5.41) is 0.988. The number of carbonyl (C=O) groups excluding carboxylic acids is 1. The Morgan fingerprint density at radius 3 is 2.30 bits per heavy atom. The Labute approximate surface area is 226 Å². The molecule has 2 aromatic heterocycles. The van der Waals surface area contributed by atoms with Crippen LogP contribution in [0.1, 0.15) is 55.6 Å². The molecular weight excluding hydrogens is 530 g/mol. The largest absolute Gasteiger partial charge is 0.467 e. The second kappa shape index (κ2) is 12.2. The Kier molecular flexibility index (Phi) is 9.02. The fourth-order valence-corrected chi connectivity index (χ4v) is 6.68. The lowest BCUT2D eigenvalue weighted by Crippen LogP contribution is -2.33. The van der Waals surface area contributed by atoms with Gasteiger partial charge < -0.3 is 4.42 Å². The molecule has 2 aromatic carbocycles. The van der Waals surface area contributed by atoms with Crippen molar-refractivity contribution in [2.75, 3.05) is 18.0 Å². The average Bonchev–Trinajstić information content (AvgIpc) is 3.57. The van der Waals surface area contributed by atoms with Crippen molar-refractivity contribution in [2.45, 2.75) is 51.0 Å². The van der Waals surface area contributed by atoms with Crippen LogP contribution in [0.25, 0.3) is 10.2 Å². The van der Waals surface area contributed by atoms with E-state index in [1.807, 2.05) is 26.0 Å². The summed E-state index contributed by atoms with van der Waals surface area (Å²) in [7, 11) is -3.66. The number of rotatable bonds is 12. The van der Waals surface area contributed by atoms with Crippen LogP contribution in [0, 0.1) is 0 Å². The highest BCUT2D eigenvalue weighted by Crippen LogP contribution is 2.34. The third-order valence-electron chi connectivity index (χ3n) is 5.99. The summed E-state index contributed by atoms with van der Waals surface area (Å²) in [6.07, 6.45) is 4.97. The molecular formula is C27H30ClN3O4S2. The highest BCUT2D eigenvalue weighted by Gasteiger charge is 2.26. The van der Waals surface area contributed by atoms with E-state index in [9.17, 15) is 13.2 Å². The van der Waals surface area contributed by atoms with Crippen LogP contribution >= 0.6 is 22.9 Å². The van der Waals surface area contributed by atoms with E-state index in [1.165, 1.54) is 28.4 Å². The molecule has 0 fully saturated rings. The molecule has 0 unspecified atom stereocenters. The lowest BCUT2D eigenvalue weighted by molar-refractivity contribution is 0.0983. The molecule has 0 saturated heterocycles. The quantitative estimate of drug-likeness (QED) is 0.187. The Balaban J connectivity index is 1.64. The maximum atomic E-state index is 13.7. The highest BCUT2D eigenvalue weighted by atomic mass is 35.5. The second-order valence-electron chi connectivity index (χ2n) is 8.69. The molecule has 0 N–H and O–H groups in total. The van der Waals surface area contributed by atoms with Crippen LogP contribution in [0.2, 0.25) is 5.02 Å². The second-order valence-corrected chi connectivity index (χ2v) is 12.0. The van der Waals surface area contributed by atoms with Crippen LogP contribution in [0.3, 0.4) is 0 Å². The summed E-state index contributed by atoms with van der Waals surface area (Å²) in [6, 6.07) is 15.2. The number of sulfonamides is 1. The van der Waals surface area contributed by atoms with Crippen molar-refractivity contribution < 1.29 is 17.6 Å². The number of unbranched alkanes of at least 4 members (excludes halogenated alkanes) is 2. The molecule has 0 atom stereocenters. The number of benzene rings is 2. The fourth-order valence-electron chi connectivity index (χ4n) is 3.90. The number of thiazole rings is 1. The molecule has 0 aliphatic heterocycles. The molecule has 196 valence electrons. The van der Waals surface area contributed by atoms with Gasteiger partial charge in [0.1, 0.15) is 11.3 Å². The van der Waals surface area contributed by atoms with Gasteiger partial charge >= 0.3 is 0 Å². The van der Waals surface area contributed by atoms with E-state index < -0.39 is 10.0 Å². The number of hydrogen-bond donors (Lipinski definition) is 0. The van der Waals surface area contributed by atoms with Crippen molar-refractivity contribution >= 4 is 54.2 Å². The smallest absolute Gasteiger partial charge is 0.260 e. The van der Waals surface area contributed by atoms with E-state index in [-0.39, 0.29) is 17.3 Å². The summed E-state index contributed by atoms with van der Waals surface area (Å²) < 4.78 is 34.5. The zero-order valence-corrected chi connectivity index (χ0v) is 23.3. The Morgan fingerprint density at radius 2 is 1.70 bits per heavy atom. The zero-order valence-electron chi connectivity index (χ0n) is 20.9. The lowest BCUT2D eigenvalue weighted by atomic mass is 10.2. The number of aromatic nitrogens is 1. The molecule has 0 spiro atoms. The predicted molar refractivity (Wildman–Crippen MR) is 149 cm³/mol. The third kappa shape index (κ3) is 6.23. The molecule has 7 nitrogen and oxygen atoms in total. The van der Waals surface area contributed by atoms with E-state index in [4.69, 9.17) is 16.0 Å². The monoisotopic (exact) mass is 559 g/mol. The minimum absolute atomic E-state index is 0.172. The summed E-state index contributed by atoms with van der Waals surface area (Å²) in [5.74, 6) is 0.282. The van der Waals surface area contributed by atoms with Gasteiger partial charge in [-0.05, 0) is 61.4 Å². The molecule has 37 heavy (non-hydrogen) atoms. The van der Waals surface area contributed by atoms with Gasteiger partial charge in [0.25, 0.3) is 5.91 Å². The number of amides is 1. The standard InChI is InChI=1S/C27H30ClN3O4S2/c1-3-5-16-30(17-6-4-2)37(33,34)22-14-12-20(13-15-22)26(32)31(19-21-9-8-18-35-21)27-29-25-23(28)10-7-11-24(25)36-27/h7-15,18H,3-6,16-17,19H2,1-2H3. The molecule has 0 bridgehead atoms. The Bertz CT molecular complexity index is 1430. The van der Waals surface area contributed by atoms with Crippen LogP contribution < -0.4 is 4.90 Å². The molecule has 1 amide bonds. The zero-order chi connectivity index (χ0) is 26.4. The first-order valence-corrected chi connectivity index (χ1v) is 15.0. The first-order valence-electron chi connectivity index (χ1n) is 12.3. The van der Waals surface area contributed by atoms with E-state index >= 15 is 0 Å². The minimum atomic E-state index is -3.66. The van der Waals surface area contributed by atoms with Gasteiger partial charge in [0.05, 0.1) is 27.4 Å². The van der Waals surface area contributed by atoms with E-state index in [2.05, 4.69) is 4.98 Å². The van der Waals surface area contributed by atoms with E-state index in [0.29, 0.717) is 40.1 Å². The summed E-state index contributed by atoms with van der Waals surface area (Å²) in [6.45, 7) is 5.22. The van der Waals surface area contributed by atoms with Gasteiger partial charge in [-0.15, -0.1) is 0 Å². The van der Waals surface area contributed by atoms with Crippen LogP contribution in [-0.4, -0.2) is 36.7 Å². The van der Waals surface area contributed by atoms with Gasteiger partial charge in [-0.25, -0.2) is 13.4 Å². The van der Waals surface area contributed by atoms with Crippen LogP contribution in [-0.2, 0) is 16.6 Å². The van der Waals surface area contributed by atoms with Gasteiger partial charge in [0.2, 0.25) is 10.0 Å². The predicted octanol–water partition coefficient (Wildman–Crippen LogP) is 6.98. The van der Waals surface area contributed by atoms with Crippen LogP contribution in [0.5, 0.6) is 0 Å². The van der Waals surface area contributed by atoms with Crippen molar-refractivity contribution in [2.24, 2.45) is 0 Å².